The molecule has 2 aliphatic rings. The molecule has 0 bridgehead atoms. The predicted molar refractivity (Wildman–Crippen MR) is 74.5 cm³/mol. The molecule has 1 aromatic rings. The molecule has 114 valence electrons. The van der Waals surface area contributed by atoms with E-state index in [9.17, 15) is 17.6 Å². The first kappa shape index (κ1) is 14.5. The molecule has 0 radical (unpaired) electrons. The molecular weight excluding hydrogens is 295 g/mol. The second-order valence-corrected chi connectivity index (χ2v) is 7.39. The van der Waals surface area contributed by atoms with Crippen LogP contribution in [0.1, 0.15) is 36.0 Å². The lowest BCUT2D eigenvalue weighted by atomic mass is 10.1. The summed E-state index contributed by atoms with van der Waals surface area (Å²) >= 11 is 0. The average Bonchev–Trinajstić information content (AvgIpc) is 3.27. The number of sulfonamides is 1. The van der Waals surface area contributed by atoms with E-state index in [0.29, 0.717) is 11.8 Å². The first-order valence-corrected chi connectivity index (χ1v) is 8.54. The summed E-state index contributed by atoms with van der Waals surface area (Å²) in [5.74, 6) is -0.266. The maximum Gasteiger partial charge on any atom is 0.251 e. The van der Waals surface area contributed by atoms with Crippen molar-refractivity contribution < 1.29 is 17.6 Å². The van der Waals surface area contributed by atoms with E-state index < -0.39 is 20.7 Å². The Labute approximate surface area is 122 Å². The lowest BCUT2D eigenvalue weighted by Gasteiger charge is -2.17. The van der Waals surface area contributed by atoms with Gasteiger partial charge in [-0.05, 0) is 55.7 Å². The lowest BCUT2D eigenvalue weighted by Crippen LogP contribution is -2.38. The number of halogens is 1. The smallest absolute Gasteiger partial charge is 0.251 e. The molecule has 0 atom stereocenters. The van der Waals surface area contributed by atoms with Crippen LogP contribution in [0.2, 0.25) is 0 Å². The van der Waals surface area contributed by atoms with E-state index in [1.807, 2.05) is 0 Å². The Morgan fingerprint density at radius 1 is 1.24 bits per heavy atom. The van der Waals surface area contributed by atoms with E-state index in [1.54, 1.807) is 0 Å². The van der Waals surface area contributed by atoms with Crippen LogP contribution in [0.4, 0.5) is 4.39 Å². The largest absolute Gasteiger partial charge is 0.349 e. The quantitative estimate of drug-likeness (QED) is 0.861. The molecule has 2 aliphatic carbocycles. The minimum Gasteiger partial charge on any atom is -0.349 e. The zero-order chi connectivity index (χ0) is 15.2. The topological polar surface area (TPSA) is 89.3 Å². The Hall–Kier alpha value is -1.47. The Bertz CT molecular complexity index is 669. The van der Waals surface area contributed by atoms with Crippen LogP contribution in [0, 0.1) is 17.7 Å². The number of benzene rings is 1. The fourth-order valence-corrected chi connectivity index (χ4v) is 3.26. The first-order valence-electron chi connectivity index (χ1n) is 6.99. The van der Waals surface area contributed by atoms with Crippen molar-refractivity contribution in [1.29, 1.82) is 0 Å². The maximum atomic E-state index is 13.5. The Morgan fingerprint density at radius 2 is 1.81 bits per heavy atom. The van der Waals surface area contributed by atoms with Gasteiger partial charge in [-0.3, -0.25) is 4.79 Å². The third-order valence-electron chi connectivity index (χ3n) is 4.06. The van der Waals surface area contributed by atoms with Crippen LogP contribution in [-0.2, 0) is 10.0 Å². The van der Waals surface area contributed by atoms with Crippen LogP contribution in [0.5, 0.6) is 0 Å². The van der Waals surface area contributed by atoms with Crippen molar-refractivity contribution in [3.63, 3.8) is 0 Å². The average molecular weight is 312 g/mol. The van der Waals surface area contributed by atoms with Crippen molar-refractivity contribution in [2.75, 3.05) is 0 Å². The highest BCUT2D eigenvalue weighted by Crippen LogP contribution is 2.44. The van der Waals surface area contributed by atoms with E-state index in [2.05, 4.69) is 5.32 Å². The van der Waals surface area contributed by atoms with Gasteiger partial charge in [-0.1, -0.05) is 0 Å². The number of nitrogens with one attached hydrogen (secondary N) is 1. The lowest BCUT2D eigenvalue weighted by molar-refractivity contribution is 0.0926. The van der Waals surface area contributed by atoms with Gasteiger partial charge in [0.2, 0.25) is 10.0 Å². The van der Waals surface area contributed by atoms with E-state index >= 15 is 0 Å². The summed E-state index contributed by atoms with van der Waals surface area (Å²) in [5.41, 5.74) is 0.117. The molecule has 7 heteroatoms. The molecule has 2 fully saturated rings. The van der Waals surface area contributed by atoms with Gasteiger partial charge in [0.1, 0.15) is 10.7 Å². The van der Waals surface area contributed by atoms with Gasteiger partial charge in [0, 0.05) is 11.6 Å². The van der Waals surface area contributed by atoms with Crippen molar-refractivity contribution in [2.45, 2.75) is 36.6 Å². The van der Waals surface area contributed by atoms with Crippen LogP contribution in [0.15, 0.2) is 23.1 Å². The molecule has 0 heterocycles. The highest BCUT2D eigenvalue weighted by atomic mass is 32.2. The van der Waals surface area contributed by atoms with E-state index in [0.717, 1.165) is 37.8 Å². The molecule has 1 amide bonds. The molecule has 5 nitrogen and oxygen atoms in total. The molecule has 3 rings (SSSR count). The zero-order valence-corrected chi connectivity index (χ0v) is 12.2. The first-order chi connectivity index (χ1) is 9.86. The summed E-state index contributed by atoms with van der Waals surface area (Å²) in [6, 6.07) is 3.38. The number of hydrogen-bond acceptors (Lipinski definition) is 3. The van der Waals surface area contributed by atoms with Crippen LogP contribution in [0.25, 0.3) is 0 Å². The predicted octanol–water partition coefficient (Wildman–Crippen LogP) is 1.39. The van der Waals surface area contributed by atoms with E-state index in [-0.39, 0.29) is 17.5 Å². The van der Waals surface area contributed by atoms with Crippen LogP contribution >= 0.6 is 0 Å². The summed E-state index contributed by atoms with van der Waals surface area (Å²) in [5, 5.41) is 7.90. The molecule has 3 N–H and O–H groups in total. The summed E-state index contributed by atoms with van der Waals surface area (Å²) in [7, 11) is -4.18. The van der Waals surface area contributed by atoms with Crippen molar-refractivity contribution in [3.8, 4) is 0 Å². The molecule has 2 saturated carbocycles. The molecule has 0 aromatic heterocycles. The van der Waals surface area contributed by atoms with Crippen LogP contribution in [-0.4, -0.2) is 20.4 Å². The van der Waals surface area contributed by atoms with Gasteiger partial charge in [-0.2, -0.15) is 0 Å². The molecule has 21 heavy (non-hydrogen) atoms. The molecule has 1 aromatic carbocycles. The van der Waals surface area contributed by atoms with Crippen molar-refractivity contribution in [2.24, 2.45) is 17.0 Å². The Balaban J connectivity index is 1.81. The van der Waals surface area contributed by atoms with Gasteiger partial charge in [0.05, 0.1) is 0 Å². The summed E-state index contributed by atoms with van der Waals surface area (Å²) in [4.78, 5) is 11.6. The summed E-state index contributed by atoms with van der Waals surface area (Å²) in [6.45, 7) is 0. The minimum atomic E-state index is -4.18. The van der Waals surface area contributed by atoms with Gasteiger partial charge in [-0.25, -0.2) is 17.9 Å². The Kier molecular flexibility index (Phi) is 3.49. The van der Waals surface area contributed by atoms with E-state index in [1.165, 1.54) is 6.07 Å². The zero-order valence-electron chi connectivity index (χ0n) is 11.4. The van der Waals surface area contributed by atoms with E-state index in [4.69, 9.17) is 5.14 Å². The molecular formula is C14H17FN2O3S. The monoisotopic (exact) mass is 312 g/mol. The van der Waals surface area contributed by atoms with Gasteiger partial charge in [-0.15, -0.1) is 0 Å². The highest BCUT2D eigenvalue weighted by Gasteiger charge is 2.42. The molecule has 0 saturated heterocycles. The van der Waals surface area contributed by atoms with Gasteiger partial charge in [0.15, 0.2) is 0 Å². The summed E-state index contributed by atoms with van der Waals surface area (Å²) in [6.07, 6.45) is 4.47. The highest BCUT2D eigenvalue weighted by molar-refractivity contribution is 7.89. The number of carbonyl (C=O) groups is 1. The van der Waals surface area contributed by atoms with Crippen molar-refractivity contribution >= 4 is 15.9 Å². The summed E-state index contributed by atoms with van der Waals surface area (Å²) < 4.78 is 36.1. The number of nitrogens with two attached hydrogens (primary N) is 1. The number of primary sulfonamides is 1. The van der Waals surface area contributed by atoms with Gasteiger partial charge in [0.25, 0.3) is 5.91 Å². The van der Waals surface area contributed by atoms with Crippen molar-refractivity contribution in [3.05, 3.63) is 29.6 Å². The van der Waals surface area contributed by atoms with Gasteiger partial charge < -0.3 is 5.32 Å². The maximum absolute atomic E-state index is 13.5. The molecule has 0 unspecified atom stereocenters. The van der Waals surface area contributed by atoms with Crippen LogP contribution in [0.3, 0.4) is 0 Å². The number of amides is 1. The second-order valence-electron chi connectivity index (χ2n) is 5.86. The minimum absolute atomic E-state index is 0.117. The third kappa shape index (κ3) is 3.24. The molecule has 0 spiro atoms. The third-order valence-corrected chi connectivity index (χ3v) is 4.98. The SMILES string of the molecule is NS(=O)(=O)c1cc(C(=O)NC(C2CC2)C2CC2)ccc1F. The standard InChI is InChI=1S/C14H17FN2O3S/c15-11-6-5-10(7-12(11)21(16,19)20)14(18)17-13(8-1-2-8)9-3-4-9/h5-9,13H,1-4H2,(H,17,18)(H2,16,19,20). The van der Waals surface area contributed by atoms with Crippen LogP contribution < -0.4 is 10.5 Å². The fourth-order valence-electron chi connectivity index (χ4n) is 2.63. The number of carbonyl (C=O) groups excluding carboxylic acids is 1. The Morgan fingerprint density at radius 3 is 2.29 bits per heavy atom. The fraction of sp³-hybridized carbons (Fsp3) is 0.500. The molecule has 0 aliphatic heterocycles. The van der Waals surface area contributed by atoms with Gasteiger partial charge >= 0.3 is 0 Å². The normalized spacial score (nSPS) is 18.8. The second kappa shape index (κ2) is 5.06. The number of hydrogen-bond donors (Lipinski definition) is 2. The number of rotatable bonds is 5. The van der Waals surface area contributed by atoms with Crippen molar-refractivity contribution in [1.82, 2.24) is 5.32 Å².